The Bertz CT molecular complexity index is 339. The average Bonchev–Trinajstić information content (AvgIpc) is 2.85. The Morgan fingerprint density at radius 2 is 2.38 bits per heavy atom. The lowest BCUT2D eigenvalue weighted by Gasteiger charge is -2.00. The first-order valence-electron chi connectivity index (χ1n) is 3.96. The standard InChI is InChI=1S/C8H7ClN2O2/c9-8-10-4-3-6(11-8)13-7(12)5-1-2-5/h3-5H,1-2H2. The number of hydrogen-bond donors (Lipinski definition) is 0. The number of esters is 1. The Hall–Kier alpha value is -1.16. The van der Waals surface area contributed by atoms with Crippen LogP contribution in [0.25, 0.3) is 0 Å². The number of nitrogens with zero attached hydrogens (tertiary/aromatic N) is 2. The van der Waals surface area contributed by atoms with Crippen LogP contribution in [-0.2, 0) is 4.79 Å². The molecule has 0 bridgehead atoms. The van der Waals surface area contributed by atoms with Gasteiger partial charge in [0, 0.05) is 12.3 Å². The van der Waals surface area contributed by atoms with Crippen molar-refractivity contribution in [1.29, 1.82) is 0 Å². The molecule has 1 heterocycles. The first-order chi connectivity index (χ1) is 6.25. The maximum Gasteiger partial charge on any atom is 0.315 e. The highest BCUT2D eigenvalue weighted by Crippen LogP contribution is 2.30. The highest BCUT2D eigenvalue weighted by Gasteiger charge is 2.31. The van der Waals surface area contributed by atoms with Gasteiger partial charge in [0.2, 0.25) is 11.2 Å². The molecule has 0 unspecified atom stereocenters. The summed E-state index contributed by atoms with van der Waals surface area (Å²) in [5.74, 6) is 0.0559. The van der Waals surface area contributed by atoms with E-state index in [2.05, 4.69) is 9.97 Å². The van der Waals surface area contributed by atoms with Crippen LogP contribution in [0.3, 0.4) is 0 Å². The molecular weight excluding hydrogens is 192 g/mol. The normalized spacial score (nSPS) is 15.5. The maximum absolute atomic E-state index is 11.2. The molecule has 1 aromatic heterocycles. The van der Waals surface area contributed by atoms with Crippen molar-refractivity contribution < 1.29 is 9.53 Å². The maximum atomic E-state index is 11.2. The smallest absolute Gasteiger partial charge is 0.315 e. The zero-order chi connectivity index (χ0) is 9.26. The van der Waals surface area contributed by atoms with Gasteiger partial charge in [-0.05, 0) is 24.4 Å². The van der Waals surface area contributed by atoms with Crippen LogP contribution in [0.2, 0.25) is 5.28 Å². The molecule has 0 aromatic carbocycles. The fourth-order valence-corrected chi connectivity index (χ4v) is 1.02. The minimum Gasteiger partial charge on any atom is -0.407 e. The van der Waals surface area contributed by atoms with E-state index in [0.717, 1.165) is 12.8 Å². The van der Waals surface area contributed by atoms with Gasteiger partial charge >= 0.3 is 5.97 Å². The van der Waals surface area contributed by atoms with Gasteiger partial charge in [0.05, 0.1) is 5.92 Å². The minimum atomic E-state index is -0.227. The second-order valence-corrected chi connectivity index (χ2v) is 3.20. The molecule has 2 rings (SSSR count). The van der Waals surface area contributed by atoms with Crippen LogP contribution in [0.1, 0.15) is 12.8 Å². The second kappa shape index (κ2) is 3.30. The van der Waals surface area contributed by atoms with Gasteiger partial charge in [-0.25, -0.2) is 4.98 Å². The molecule has 0 aliphatic heterocycles. The zero-order valence-corrected chi connectivity index (χ0v) is 7.49. The average molecular weight is 199 g/mol. The van der Waals surface area contributed by atoms with E-state index in [-0.39, 0.29) is 23.1 Å². The summed E-state index contributed by atoms with van der Waals surface area (Å²) < 4.78 is 4.94. The predicted octanol–water partition coefficient (Wildman–Crippen LogP) is 1.45. The van der Waals surface area contributed by atoms with Crippen molar-refractivity contribution >= 4 is 17.6 Å². The minimum absolute atomic E-state index is 0.0636. The lowest BCUT2D eigenvalue weighted by Crippen LogP contribution is -2.10. The molecule has 1 aliphatic rings. The summed E-state index contributed by atoms with van der Waals surface area (Å²) in [7, 11) is 0. The third kappa shape index (κ3) is 2.15. The van der Waals surface area contributed by atoms with Gasteiger partial charge in [-0.1, -0.05) is 0 Å². The van der Waals surface area contributed by atoms with Gasteiger partial charge < -0.3 is 4.74 Å². The van der Waals surface area contributed by atoms with E-state index >= 15 is 0 Å². The third-order valence-electron chi connectivity index (χ3n) is 1.72. The van der Waals surface area contributed by atoms with E-state index in [1.54, 1.807) is 0 Å². The Morgan fingerprint density at radius 3 is 3.00 bits per heavy atom. The van der Waals surface area contributed by atoms with E-state index in [9.17, 15) is 4.79 Å². The second-order valence-electron chi connectivity index (χ2n) is 2.86. The summed E-state index contributed by atoms with van der Waals surface area (Å²) >= 11 is 5.51. The zero-order valence-electron chi connectivity index (χ0n) is 6.74. The summed E-state index contributed by atoms with van der Waals surface area (Å²) in [4.78, 5) is 18.6. The quantitative estimate of drug-likeness (QED) is 0.533. The fraction of sp³-hybridized carbons (Fsp3) is 0.375. The van der Waals surface area contributed by atoms with Crippen molar-refractivity contribution in [1.82, 2.24) is 9.97 Å². The first-order valence-corrected chi connectivity index (χ1v) is 4.34. The van der Waals surface area contributed by atoms with Crippen LogP contribution in [0.4, 0.5) is 0 Å². The van der Waals surface area contributed by atoms with E-state index in [4.69, 9.17) is 16.3 Å². The Balaban J connectivity index is 2.04. The molecule has 5 heteroatoms. The van der Waals surface area contributed by atoms with Gasteiger partial charge in [0.25, 0.3) is 0 Å². The van der Waals surface area contributed by atoms with Crippen LogP contribution in [-0.4, -0.2) is 15.9 Å². The lowest BCUT2D eigenvalue weighted by atomic mass is 10.4. The van der Waals surface area contributed by atoms with Crippen molar-refractivity contribution in [3.8, 4) is 5.88 Å². The molecule has 0 saturated heterocycles. The van der Waals surface area contributed by atoms with E-state index in [1.807, 2.05) is 0 Å². The van der Waals surface area contributed by atoms with Crippen LogP contribution < -0.4 is 4.74 Å². The van der Waals surface area contributed by atoms with Crippen molar-refractivity contribution in [3.63, 3.8) is 0 Å². The van der Waals surface area contributed by atoms with Gasteiger partial charge in [-0.2, -0.15) is 4.98 Å². The molecule has 1 fully saturated rings. The van der Waals surface area contributed by atoms with Crippen LogP contribution in [0, 0.1) is 5.92 Å². The molecule has 0 atom stereocenters. The molecule has 4 nitrogen and oxygen atoms in total. The highest BCUT2D eigenvalue weighted by atomic mass is 35.5. The van der Waals surface area contributed by atoms with Gasteiger partial charge in [0.1, 0.15) is 0 Å². The SMILES string of the molecule is O=C(Oc1ccnc(Cl)n1)C1CC1. The van der Waals surface area contributed by atoms with Gasteiger partial charge in [0.15, 0.2) is 0 Å². The summed E-state index contributed by atoms with van der Waals surface area (Å²) in [5, 5.41) is 0.0843. The monoisotopic (exact) mass is 198 g/mol. The summed E-state index contributed by atoms with van der Waals surface area (Å²) in [6.45, 7) is 0. The number of hydrogen-bond acceptors (Lipinski definition) is 4. The number of carbonyl (C=O) groups is 1. The van der Waals surface area contributed by atoms with E-state index < -0.39 is 0 Å². The molecule has 0 N–H and O–H groups in total. The number of ether oxygens (including phenoxy) is 1. The first kappa shape index (κ1) is 8.44. The predicted molar refractivity (Wildman–Crippen MR) is 45.4 cm³/mol. The molecular formula is C8H7ClN2O2. The molecule has 68 valence electrons. The van der Waals surface area contributed by atoms with Crippen molar-refractivity contribution in [2.45, 2.75) is 12.8 Å². The Labute approximate surface area is 79.9 Å². The molecule has 13 heavy (non-hydrogen) atoms. The molecule has 0 amide bonds. The number of rotatable bonds is 2. The van der Waals surface area contributed by atoms with Crippen LogP contribution in [0.5, 0.6) is 5.88 Å². The molecule has 0 spiro atoms. The third-order valence-corrected chi connectivity index (χ3v) is 1.90. The molecule has 1 saturated carbocycles. The Kier molecular flexibility index (Phi) is 2.14. The van der Waals surface area contributed by atoms with Gasteiger partial charge in [-0.3, -0.25) is 4.79 Å². The highest BCUT2D eigenvalue weighted by molar-refractivity contribution is 6.28. The summed E-state index contributed by atoms with van der Waals surface area (Å²) in [6.07, 6.45) is 3.28. The van der Waals surface area contributed by atoms with Crippen LogP contribution >= 0.6 is 11.6 Å². The summed E-state index contributed by atoms with van der Waals surface area (Å²) in [6, 6.07) is 1.51. The Morgan fingerprint density at radius 1 is 1.62 bits per heavy atom. The topological polar surface area (TPSA) is 52.1 Å². The summed E-state index contributed by atoms with van der Waals surface area (Å²) in [5.41, 5.74) is 0. The van der Waals surface area contributed by atoms with Crippen molar-refractivity contribution in [2.24, 2.45) is 5.92 Å². The molecule has 0 radical (unpaired) electrons. The molecule has 1 aromatic rings. The van der Waals surface area contributed by atoms with E-state index in [1.165, 1.54) is 12.3 Å². The van der Waals surface area contributed by atoms with Crippen LogP contribution in [0.15, 0.2) is 12.3 Å². The largest absolute Gasteiger partial charge is 0.407 e. The number of aromatic nitrogens is 2. The fourth-order valence-electron chi connectivity index (χ4n) is 0.882. The van der Waals surface area contributed by atoms with Crippen molar-refractivity contribution in [2.75, 3.05) is 0 Å². The number of carbonyl (C=O) groups excluding carboxylic acids is 1. The van der Waals surface area contributed by atoms with Gasteiger partial charge in [-0.15, -0.1) is 0 Å². The lowest BCUT2D eigenvalue weighted by molar-refractivity contribution is -0.136. The number of halogens is 1. The molecule has 1 aliphatic carbocycles. The van der Waals surface area contributed by atoms with E-state index in [0.29, 0.717) is 0 Å². The van der Waals surface area contributed by atoms with Crippen molar-refractivity contribution in [3.05, 3.63) is 17.5 Å².